The van der Waals surface area contributed by atoms with Crippen LogP contribution in [0, 0.1) is 40.4 Å². The number of rotatable bonds is 7. The molecule has 0 heterocycles. The number of unbranched alkanes of at least 4 members (excludes halogenated alkanes) is 1. The van der Waals surface area contributed by atoms with Crippen LogP contribution in [0.1, 0.15) is 92.4 Å². The first-order valence-corrected chi connectivity index (χ1v) is 12.9. The maximum atomic E-state index is 12.5. The number of fused-ring (bicyclic) bond motifs is 3. The van der Waals surface area contributed by atoms with Gasteiger partial charge in [0.2, 0.25) is 0 Å². The third kappa shape index (κ3) is 3.73. The summed E-state index contributed by atoms with van der Waals surface area (Å²) in [4.78, 5) is 16.8. The van der Waals surface area contributed by atoms with Gasteiger partial charge in [0, 0.05) is 19.0 Å². The Morgan fingerprint density at radius 1 is 1.25 bits per heavy atom. The average molecular weight is 446 g/mol. The van der Waals surface area contributed by atoms with Crippen molar-refractivity contribution in [3.05, 3.63) is 11.3 Å². The number of carboxylic acids is 1. The maximum absolute atomic E-state index is 12.5. The Morgan fingerprint density at radius 3 is 2.50 bits per heavy atom. The van der Waals surface area contributed by atoms with Crippen molar-refractivity contribution in [2.24, 2.45) is 56.9 Å². The standard InChI is InChI=1S/C27H47N3O2/c1-7-9-13-27(29,24(31)32)21-10-11-22-25(4,19(21)8-2)14-12-20-17(3)23(28)18(16-30-6)15-26(20,22)5/h16-17,19-22H,7-15,28-29H2,1-6H3,(H,31,32)/t17?,19?,20?,21-,22?,25-,26-,27-/m0/s1. The van der Waals surface area contributed by atoms with Gasteiger partial charge >= 0.3 is 5.97 Å². The van der Waals surface area contributed by atoms with E-state index in [2.05, 4.69) is 39.6 Å². The lowest BCUT2D eigenvalue weighted by Gasteiger charge is -2.66. The van der Waals surface area contributed by atoms with Crippen molar-refractivity contribution in [2.75, 3.05) is 7.05 Å². The number of carboxylic acid groups (broad SMARTS) is 1. The molecular weight excluding hydrogens is 398 g/mol. The zero-order valence-corrected chi connectivity index (χ0v) is 21.3. The predicted octanol–water partition coefficient (Wildman–Crippen LogP) is 5.39. The SMILES string of the molecule is CCCC[C@@](N)(C(=O)O)[C@H]1CCC2[C@@]3(C)CC(C=NC)=C(N)C(C)C3CC[C@@]2(C)C1CC. The lowest BCUT2D eigenvalue weighted by molar-refractivity contribution is -0.168. The molecule has 0 aromatic heterocycles. The molecule has 0 aromatic rings. The van der Waals surface area contributed by atoms with E-state index in [9.17, 15) is 9.90 Å². The van der Waals surface area contributed by atoms with Crippen LogP contribution in [-0.4, -0.2) is 29.9 Å². The van der Waals surface area contributed by atoms with E-state index in [0.29, 0.717) is 30.1 Å². The fraction of sp³-hybridized carbons (Fsp3) is 0.852. The molecular formula is C27H47N3O2. The van der Waals surface area contributed by atoms with Crippen LogP contribution in [0.4, 0.5) is 0 Å². The van der Waals surface area contributed by atoms with Gasteiger partial charge in [-0.15, -0.1) is 0 Å². The number of carbonyl (C=O) groups is 1. The van der Waals surface area contributed by atoms with Crippen LogP contribution in [0.3, 0.4) is 0 Å². The number of allylic oxidation sites excluding steroid dienone is 2. The molecule has 32 heavy (non-hydrogen) atoms. The third-order valence-electron chi connectivity index (χ3n) is 10.3. The highest BCUT2D eigenvalue weighted by atomic mass is 16.4. The molecule has 0 radical (unpaired) electrons. The van der Waals surface area contributed by atoms with Gasteiger partial charge in [0.25, 0.3) is 0 Å². The van der Waals surface area contributed by atoms with Gasteiger partial charge in [-0.3, -0.25) is 9.79 Å². The van der Waals surface area contributed by atoms with Crippen LogP contribution in [-0.2, 0) is 4.79 Å². The maximum Gasteiger partial charge on any atom is 0.323 e. The molecule has 0 spiro atoms. The minimum absolute atomic E-state index is 0.0382. The molecule has 3 aliphatic carbocycles. The van der Waals surface area contributed by atoms with Crippen molar-refractivity contribution in [2.45, 2.75) is 97.9 Å². The van der Waals surface area contributed by atoms with E-state index in [1.54, 1.807) is 0 Å². The molecule has 4 unspecified atom stereocenters. The van der Waals surface area contributed by atoms with Crippen molar-refractivity contribution in [3.8, 4) is 0 Å². The van der Waals surface area contributed by atoms with E-state index in [-0.39, 0.29) is 16.7 Å². The average Bonchev–Trinajstić information content (AvgIpc) is 2.74. The summed E-state index contributed by atoms with van der Waals surface area (Å²) in [6, 6.07) is 0. The highest BCUT2D eigenvalue weighted by Gasteiger charge is 2.63. The number of nitrogens with two attached hydrogens (primary N) is 2. The van der Waals surface area contributed by atoms with Crippen molar-refractivity contribution in [1.82, 2.24) is 0 Å². The second-order valence-electron chi connectivity index (χ2n) is 11.7. The molecule has 182 valence electrons. The molecule has 0 bridgehead atoms. The first-order valence-electron chi connectivity index (χ1n) is 12.9. The van der Waals surface area contributed by atoms with E-state index in [4.69, 9.17) is 11.5 Å². The van der Waals surface area contributed by atoms with Gasteiger partial charge in [-0.1, -0.05) is 53.9 Å². The van der Waals surface area contributed by atoms with E-state index >= 15 is 0 Å². The molecule has 5 N–H and O–H groups in total. The highest BCUT2D eigenvalue weighted by Crippen LogP contribution is 2.68. The Hall–Kier alpha value is -1.36. The summed E-state index contributed by atoms with van der Waals surface area (Å²) in [7, 11) is 1.83. The highest BCUT2D eigenvalue weighted by molar-refractivity contribution is 5.80. The Labute approximate surface area is 195 Å². The predicted molar refractivity (Wildman–Crippen MR) is 132 cm³/mol. The summed E-state index contributed by atoms with van der Waals surface area (Å²) in [5.74, 6) is 1.05. The molecule has 8 atom stereocenters. The smallest absolute Gasteiger partial charge is 0.323 e. The summed E-state index contributed by atoms with van der Waals surface area (Å²) in [6.45, 7) is 11.6. The molecule has 0 aliphatic heterocycles. The van der Waals surface area contributed by atoms with E-state index in [1.165, 1.54) is 5.57 Å². The second kappa shape index (κ2) is 9.12. The Kier molecular flexibility index (Phi) is 7.20. The van der Waals surface area contributed by atoms with Gasteiger partial charge in [-0.2, -0.15) is 0 Å². The number of aliphatic imine (C=N–C) groups is 1. The van der Waals surface area contributed by atoms with Crippen molar-refractivity contribution in [1.29, 1.82) is 0 Å². The zero-order valence-electron chi connectivity index (χ0n) is 21.3. The number of aliphatic carboxylic acids is 1. The van der Waals surface area contributed by atoms with E-state index < -0.39 is 11.5 Å². The van der Waals surface area contributed by atoms with E-state index in [1.807, 2.05) is 13.3 Å². The van der Waals surface area contributed by atoms with Crippen LogP contribution < -0.4 is 11.5 Å². The summed E-state index contributed by atoms with van der Waals surface area (Å²) in [5.41, 5.74) is 14.7. The summed E-state index contributed by atoms with van der Waals surface area (Å²) < 4.78 is 0. The van der Waals surface area contributed by atoms with Gasteiger partial charge in [0.15, 0.2) is 0 Å². The van der Waals surface area contributed by atoms with Crippen LogP contribution in [0.25, 0.3) is 0 Å². The first-order chi connectivity index (χ1) is 15.0. The molecule has 5 nitrogen and oxygen atoms in total. The first kappa shape index (κ1) is 25.3. The van der Waals surface area contributed by atoms with Gasteiger partial charge < -0.3 is 16.6 Å². The quantitative estimate of drug-likeness (QED) is 0.457. The van der Waals surface area contributed by atoms with Crippen molar-refractivity contribution in [3.63, 3.8) is 0 Å². The number of hydrogen-bond donors (Lipinski definition) is 3. The normalized spacial score (nSPS) is 41.8. The van der Waals surface area contributed by atoms with Crippen LogP contribution in [0.5, 0.6) is 0 Å². The van der Waals surface area contributed by atoms with Crippen molar-refractivity contribution < 1.29 is 9.90 Å². The fourth-order valence-corrected chi connectivity index (χ4v) is 8.75. The number of hydrogen-bond acceptors (Lipinski definition) is 4. The van der Waals surface area contributed by atoms with E-state index in [0.717, 1.165) is 57.1 Å². The molecule has 5 heteroatoms. The Balaban J connectivity index is 2.01. The van der Waals surface area contributed by atoms with Gasteiger partial charge in [0.05, 0.1) is 0 Å². The second-order valence-corrected chi connectivity index (χ2v) is 11.7. The van der Waals surface area contributed by atoms with Crippen molar-refractivity contribution >= 4 is 12.2 Å². The minimum atomic E-state index is -1.12. The summed E-state index contributed by atoms with van der Waals surface area (Å²) >= 11 is 0. The van der Waals surface area contributed by atoms with Gasteiger partial charge in [-0.05, 0) is 84.5 Å². The molecule has 2 saturated carbocycles. The number of nitrogens with zero attached hydrogens (tertiary/aromatic N) is 1. The van der Waals surface area contributed by atoms with Crippen LogP contribution >= 0.6 is 0 Å². The molecule has 0 amide bonds. The topological polar surface area (TPSA) is 102 Å². The Bertz CT molecular complexity index is 777. The van der Waals surface area contributed by atoms with Gasteiger partial charge in [0.1, 0.15) is 5.54 Å². The Morgan fingerprint density at radius 2 is 1.94 bits per heavy atom. The molecule has 3 aliphatic rings. The van der Waals surface area contributed by atoms with Gasteiger partial charge in [-0.25, -0.2) is 0 Å². The fourth-order valence-electron chi connectivity index (χ4n) is 8.75. The minimum Gasteiger partial charge on any atom is -0.480 e. The van der Waals surface area contributed by atoms with Crippen LogP contribution in [0.15, 0.2) is 16.3 Å². The van der Waals surface area contributed by atoms with Crippen LogP contribution in [0.2, 0.25) is 0 Å². The molecule has 0 aromatic carbocycles. The third-order valence-corrected chi connectivity index (χ3v) is 10.3. The molecule has 2 fully saturated rings. The monoisotopic (exact) mass is 445 g/mol. The lowest BCUT2D eigenvalue weighted by Crippen LogP contribution is -2.64. The zero-order chi connectivity index (χ0) is 23.9. The summed E-state index contributed by atoms with van der Waals surface area (Å²) in [5, 5.41) is 10.2. The largest absolute Gasteiger partial charge is 0.480 e. The summed E-state index contributed by atoms with van der Waals surface area (Å²) in [6.07, 6.45) is 10.7. The lowest BCUT2D eigenvalue weighted by atomic mass is 9.39. The molecule has 0 saturated heterocycles. The molecule has 3 rings (SSSR count).